The lowest BCUT2D eigenvalue weighted by Gasteiger charge is -2.41. The summed E-state index contributed by atoms with van der Waals surface area (Å²) < 4.78 is 0. The van der Waals surface area contributed by atoms with Gasteiger partial charge in [-0.3, -0.25) is 9.69 Å². The maximum absolute atomic E-state index is 12.8. The number of hydrogen-bond acceptors (Lipinski definition) is 3. The van der Waals surface area contributed by atoms with Gasteiger partial charge in [0.15, 0.2) is 0 Å². The number of fused-ring (bicyclic) bond motifs is 1. The molecule has 0 aromatic heterocycles. The number of likely N-dealkylation sites (tertiary alicyclic amines) is 2. The van der Waals surface area contributed by atoms with Gasteiger partial charge in [0, 0.05) is 58.3 Å². The summed E-state index contributed by atoms with van der Waals surface area (Å²) >= 11 is 0. The normalized spacial score (nSPS) is 23.8. The average molecular weight is 413 g/mol. The van der Waals surface area contributed by atoms with Crippen LogP contribution in [0.4, 0.5) is 4.79 Å². The van der Waals surface area contributed by atoms with E-state index in [-0.39, 0.29) is 18.0 Å². The van der Waals surface area contributed by atoms with Crippen LogP contribution in [-0.2, 0) is 17.8 Å². The van der Waals surface area contributed by atoms with Gasteiger partial charge in [-0.1, -0.05) is 31.2 Å². The largest absolute Gasteiger partial charge is 0.338 e. The molecule has 0 bridgehead atoms. The molecule has 30 heavy (non-hydrogen) atoms. The van der Waals surface area contributed by atoms with Gasteiger partial charge in [-0.2, -0.15) is 0 Å². The molecule has 1 N–H and O–H groups in total. The van der Waals surface area contributed by atoms with Crippen LogP contribution in [0.1, 0.15) is 50.2 Å². The minimum Gasteiger partial charge on any atom is -0.338 e. The molecule has 3 aliphatic rings. The van der Waals surface area contributed by atoms with E-state index in [0.29, 0.717) is 25.4 Å². The van der Waals surface area contributed by atoms with E-state index < -0.39 is 0 Å². The number of nitrogens with one attached hydrogen (secondary N) is 1. The quantitative estimate of drug-likeness (QED) is 0.809. The lowest BCUT2D eigenvalue weighted by Crippen LogP contribution is -2.55. The van der Waals surface area contributed by atoms with Crippen molar-refractivity contribution in [2.75, 3.05) is 39.3 Å². The Labute approximate surface area is 180 Å². The first-order chi connectivity index (χ1) is 14.6. The Morgan fingerprint density at radius 2 is 1.93 bits per heavy atom. The Balaban J connectivity index is 1.22. The van der Waals surface area contributed by atoms with E-state index >= 15 is 0 Å². The van der Waals surface area contributed by atoms with E-state index in [4.69, 9.17) is 0 Å². The van der Waals surface area contributed by atoms with E-state index in [9.17, 15) is 9.59 Å². The molecule has 0 spiro atoms. The monoisotopic (exact) mass is 412 g/mol. The molecule has 0 radical (unpaired) electrons. The maximum Gasteiger partial charge on any atom is 0.317 e. The summed E-state index contributed by atoms with van der Waals surface area (Å²) in [5.74, 6) is 0.675. The van der Waals surface area contributed by atoms with Crippen molar-refractivity contribution in [1.82, 2.24) is 20.0 Å². The summed E-state index contributed by atoms with van der Waals surface area (Å²) in [7, 11) is 0. The van der Waals surface area contributed by atoms with Crippen molar-refractivity contribution in [3.8, 4) is 0 Å². The fraction of sp³-hybridized carbons (Fsp3) is 0.667. The minimum absolute atomic E-state index is 0.0278. The van der Waals surface area contributed by atoms with Crippen molar-refractivity contribution in [2.45, 2.75) is 58.0 Å². The van der Waals surface area contributed by atoms with Crippen LogP contribution in [0.3, 0.4) is 0 Å². The number of carbonyl (C=O) groups is 2. The predicted molar refractivity (Wildman–Crippen MR) is 118 cm³/mol. The third-order valence-corrected chi connectivity index (χ3v) is 6.87. The van der Waals surface area contributed by atoms with Crippen LogP contribution < -0.4 is 5.32 Å². The molecule has 2 fully saturated rings. The number of benzene rings is 1. The Kier molecular flexibility index (Phi) is 6.93. The Morgan fingerprint density at radius 1 is 1.10 bits per heavy atom. The number of piperidine rings is 2. The van der Waals surface area contributed by atoms with Crippen LogP contribution in [0, 0.1) is 5.92 Å². The highest BCUT2D eigenvalue weighted by atomic mass is 16.2. The minimum atomic E-state index is 0.0278. The summed E-state index contributed by atoms with van der Waals surface area (Å²) in [4.78, 5) is 31.5. The van der Waals surface area contributed by atoms with Gasteiger partial charge in [0.2, 0.25) is 5.91 Å². The number of hydrogen-bond donors (Lipinski definition) is 1. The first kappa shape index (κ1) is 21.2. The molecule has 1 aromatic rings. The first-order valence-corrected chi connectivity index (χ1v) is 11.7. The molecular weight excluding hydrogens is 376 g/mol. The fourth-order valence-electron chi connectivity index (χ4n) is 5.20. The summed E-state index contributed by atoms with van der Waals surface area (Å²) in [6.07, 6.45) is 5.87. The van der Waals surface area contributed by atoms with E-state index in [2.05, 4.69) is 41.4 Å². The van der Waals surface area contributed by atoms with Gasteiger partial charge in [-0.05, 0) is 49.1 Å². The Bertz CT molecular complexity index is 752. The van der Waals surface area contributed by atoms with Crippen LogP contribution >= 0.6 is 0 Å². The number of nitrogens with zero attached hydrogens (tertiary/aromatic N) is 3. The van der Waals surface area contributed by atoms with Crippen molar-refractivity contribution < 1.29 is 9.59 Å². The molecule has 4 rings (SSSR count). The van der Waals surface area contributed by atoms with Crippen molar-refractivity contribution in [2.24, 2.45) is 5.92 Å². The Morgan fingerprint density at radius 3 is 2.77 bits per heavy atom. The van der Waals surface area contributed by atoms with E-state index in [1.165, 1.54) is 11.1 Å². The van der Waals surface area contributed by atoms with Gasteiger partial charge in [0.05, 0.1) is 0 Å². The average Bonchev–Trinajstić information content (AvgIpc) is 2.78. The second-order valence-electron chi connectivity index (χ2n) is 9.33. The highest BCUT2D eigenvalue weighted by Gasteiger charge is 2.31. The molecule has 6 nitrogen and oxygen atoms in total. The van der Waals surface area contributed by atoms with Gasteiger partial charge in [-0.25, -0.2) is 4.79 Å². The highest BCUT2D eigenvalue weighted by molar-refractivity contribution is 5.78. The summed E-state index contributed by atoms with van der Waals surface area (Å²) in [6, 6.07) is 8.94. The van der Waals surface area contributed by atoms with Crippen LogP contribution in [0.2, 0.25) is 0 Å². The summed E-state index contributed by atoms with van der Waals surface area (Å²) in [5.41, 5.74) is 2.91. The zero-order chi connectivity index (χ0) is 20.9. The SMILES string of the molecule is C[C@@H](CNC(=O)N1CCC[C@@H](N2CCCCC2=O)C1)CN1CCc2ccccc2C1. The fourth-order valence-corrected chi connectivity index (χ4v) is 5.20. The smallest absolute Gasteiger partial charge is 0.317 e. The van der Waals surface area contributed by atoms with Crippen LogP contribution in [0.5, 0.6) is 0 Å². The number of rotatable bonds is 5. The molecule has 0 saturated carbocycles. The standard InChI is InChI=1S/C24H36N4O2/c1-19(16-26-14-11-20-7-2-3-8-21(20)17-26)15-25-24(30)27-12-6-9-22(18-27)28-13-5-4-10-23(28)29/h2-3,7-8,19,22H,4-6,9-18H2,1H3,(H,25,30)/t19-,22+/m0/s1. The molecule has 3 aliphatic heterocycles. The molecule has 3 amide bonds. The van der Waals surface area contributed by atoms with Crippen LogP contribution in [0.15, 0.2) is 24.3 Å². The third-order valence-electron chi connectivity index (χ3n) is 6.87. The second-order valence-corrected chi connectivity index (χ2v) is 9.33. The van der Waals surface area contributed by atoms with Crippen molar-refractivity contribution in [3.05, 3.63) is 35.4 Å². The molecule has 3 heterocycles. The van der Waals surface area contributed by atoms with Crippen molar-refractivity contribution >= 4 is 11.9 Å². The predicted octanol–water partition coefficient (Wildman–Crippen LogP) is 2.87. The van der Waals surface area contributed by atoms with Gasteiger partial charge < -0.3 is 15.1 Å². The molecular formula is C24H36N4O2. The molecule has 6 heteroatoms. The molecule has 1 aromatic carbocycles. The van der Waals surface area contributed by atoms with Crippen LogP contribution in [0.25, 0.3) is 0 Å². The lowest BCUT2D eigenvalue weighted by molar-refractivity contribution is -0.136. The Hall–Kier alpha value is -2.08. The maximum atomic E-state index is 12.8. The topological polar surface area (TPSA) is 55.9 Å². The molecule has 2 saturated heterocycles. The second kappa shape index (κ2) is 9.82. The lowest BCUT2D eigenvalue weighted by atomic mass is 9.99. The van der Waals surface area contributed by atoms with Crippen molar-refractivity contribution in [1.29, 1.82) is 0 Å². The zero-order valence-corrected chi connectivity index (χ0v) is 18.3. The van der Waals surface area contributed by atoms with Gasteiger partial charge in [0.25, 0.3) is 0 Å². The number of carbonyl (C=O) groups excluding carboxylic acids is 2. The van der Waals surface area contributed by atoms with E-state index in [0.717, 1.165) is 64.8 Å². The third kappa shape index (κ3) is 5.15. The first-order valence-electron chi connectivity index (χ1n) is 11.7. The van der Waals surface area contributed by atoms with Gasteiger partial charge in [-0.15, -0.1) is 0 Å². The summed E-state index contributed by atoms with van der Waals surface area (Å²) in [5, 5.41) is 3.15. The molecule has 164 valence electrons. The number of amides is 3. The van der Waals surface area contributed by atoms with Crippen molar-refractivity contribution in [3.63, 3.8) is 0 Å². The zero-order valence-electron chi connectivity index (χ0n) is 18.3. The van der Waals surface area contributed by atoms with E-state index in [1.54, 1.807) is 0 Å². The highest BCUT2D eigenvalue weighted by Crippen LogP contribution is 2.22. The summed E-state index contributed by atoms with van der Waals surface area (Å²) in [6.45, 7) is 8.33. The molecule has 0 aliphatic carbocycles. The van der Waals surface area contributed by atoms with E-state index in [1.807, 2.05) is 9.80 Å². The van der Waals surface area contributed by atoms with Crippen LogP contribution in [-0.4, -0.2) is 71.9 Å². The number of urea groups is 1. The van der Waals surface area contributed by atoms with Gasteiger partial charge in [0.1, 0.15) is 0 Å². The molecule has 2 atom stereocenters. The molecule has 0 unspecified atom stereocenters. The van der Waals surface area contributed by atoms with Gasteiger partial charge >= 0.3 is 6.03 Å².